The van der Waals surface area contributed by atoms with E-state index >= 15 is 0 Å². The third-order valence-corrected chi connectivity index (χ3v) is 7.85. The summed E-state index contributed by atoms with van der Waals surface area (Å²) < 4.78 is 61.6. The number of benzene rings is 1. The van der Waals surface area contributed by atoms with Crippen LogP contribution in [0.2, 0.25) is 0 Å². The SMILES string of the molecule is O=P(O)(O)Oc1cccc(C2(OCC(F)(F)F)OOC23C2CCCC3C3=C(CCCC3)C2)c1. The molecule has 3 aliphatic carbocycles. The van der Waals surface area contributed by atoms with Gasteiger partial charge in [-0.3, -0.25) is 9.79 Å². The average Bonchev–Trinajstić information content (AvgIpc) is 2.71. The van der Waals surface area contributed by atoms with E-state index in [2.05, 4.69) is 0 Å². The number of alkyl halides is 3. The number of hydrogen-bond donors (Lipinski definition) is 2. The molecule has 0 amide bonds. The van der Waals surface area contributed by atoms with E-state index in [0.29, 0.717) is 0 Å². The number of phosphoric acid groups is 1. The molecule has 4 atom stereocenters. The molecule has 2 bridgehead atoms. The Hall–Kier alpha value is -1.42. The molecule has 2 fully saturated rings. The third kappa shape index (κ3) is 3.94. The van der Waals surface area contributed by atoms with Crippen LogP contribution in [0.15, 0.2) is 35.4 Å². The molecule has 11 heteroatoms. The maximum atomic E-state index is 13.3. The average molecular weight is 490 g/mol. The maximum absolute atomic E-state index is 13.3. The summed E-state index contributed by atoms with van der Waals surface area (Å²) in [5.74, 6) is -2.31. The molecular weight excluding hydrogens is 464 g/mol. The maximum Gasteiger partial charge on any atom is 0.524 e. The van der Waals surface area contributed by atoms with E-state index in [1.54, 1.807) is 0 Å². The number of phosphoric ester groups is 1. The number of halogens is 3. The molecule has 1 spiro atoms. The molecule has 7 nitrogen and oxygen atoms in total. The number of hydrogen-bond acceptors (Lipinski definition) is 5. The van der Waals surface area contributed by atoms with Crippen molar-refractivity contribution in [3.8, 4) is 5.75 Å². The van der Waals surface area contributed by atoms with E-state index in [1.807, 2.05) is 0 Å². The first-order chi connectivity index (χ1) is 15.5. The predicted molar refractivity (Wildman–Crippen MR) is 109 cm³/mol. The van der Waals surface area contributed by atoms with Crippen LogP contribution in [0.4, 0.5) is 13.2 Å². The Morgan fingerprint density at radius 1 is 1.12 bits per heavy atom. The summed E-state index contributed by atoms with van der Waals surface area (Å²) in [6.07, 6.45) is 2.61. The lowest BCUT2D eigenvalue weighted by atomic mass is 9.53. The molecule has 1 aromatic carbocycles. The summed E-state index contributed by atoms with van der Waals surface area (Å²) in [5.41, 5.74) is 1.68. The number of rotatable bonds is 5. The normalized spacial score (nSPS) is 34.1. The van der Waals surface area contributed by atoms with Crippen molar-refractivity contribution < 1.29 is 46.6 Å². The molecule has 1 saturated carbocycles. The van der Waals surface area contributed by atoms with Gasteiger partial charge in [0.05, 0.1) is 0 Å². The van der Waals surface area contributed by atoms with Gasteiger partial charge in [0.2, 0.25) is 0 Å². The fourth-order valence-electron chi connectivity index (χ4n) is 6.32. The number of allylic oxidation sites excluding steroid dienone is 1. The first kappa shape index (κ1) is 23.3. The molecule has 33 heavy (non-hydrogen) atoms. The lowest BCUT2D eigenvalue weighted by Gasteiger charge is -2.65. The van der Waals surface area contributed by atoms with Gasteiger partial charge in [-0.1, -0.05) is 29.7 Å². The van der Waals surface area contributed by atoms with Crippen molar-refractivity contribution in [2.75, 3.05) is 6.61 Å². The highest BCUT2D eigenvalue weighted by molar-refractivity contribution is 7.46. The van der Waals surface area contributed by atoms with Crippen LogP contribution in [-0.4, -0.2) is 28.2 Å². The summed E-state index contributed by atoms with van der Waals surface area (Å²) in [6, 6.07) is 5.54. The molecule has 4 unspecified atom stereocenters. The highest BCUT2D eigenvalue weighted by Crippen LogP contribution is 2.67. The van der Waals surface area contributed by atoms with Crippen LogP contribution < -0.4 is 4.52 Å². The molecule has 0 aromatic heterocycles. The Morgan fingerprint density at radius 2 is 1.91 bits per heavy atom. The highest BCUT2D eigenvalue weighted by atomic mass is 31.2. The van der Waals surface area contributed by atoms with Crippen LogP contribution in [0.3, 0.4) is 0 Å². The Labute approximate surface area is 189 Å². The van der Waals surface area contributed by atoms with Gasteiger partial charge >= 0.3 is 14.0 Å². The molecule has 5 rings (SSSR count). The van der Waals surface area contributed by atoms with Gasteiger partial charge in [0, 0.05) is 17.4 Å². The van der Waals surface area contributed by atoms with E-state index in [1.165, 1.54) is 35.4 Å². The van der Waals surface area contributed by atoms with Crippen molar-refractivity contribution >= 4 is 7.82 Å². The van der Waals surface area contributed by atoms with E-state index in [0.717, 1.165) is 51.4 Å². The minimum Gasteiger partial charge on any atom is -0.404 e. The van der Waals surface area contributed by atoms with Crippen LogP contribution >= 0.6 is 7.82 Å². The van der Waals surface area contributed by atoms with Crippen LogP contribution in [0, 0.1) is 11.8 Å². The van der Waals surface area contributed by atoms with Gasteiger partial charge in [-0.05, 0) is 57.1 Å². The standard InChI is InChI=1S/C22H26F3O7P/c23-20(24,25)13-29-22(16-7-3-8-17(12-16)30-33(26,27)28)21(31-32-22)15-6-4-10-19(21)18-9-2-1-5-14(18)11-15/h3,7-8,12,15,19H,1-2,4-6,9-11,13H2,(H2,26,27,28). The molecular formula is C22H26F3O7P. The Bertz CT molecular complexity index is 1010. The van der Waals surface area contributed by atoms with E-state index in [9.17, 15) is 27.5 Å². The van der Waals surface area contributed by atoms with Crippen molar-refractivity contribution in [3.05, 3.63) is 41.0 Å². The van der Waals surface area contributed by atoms with Gasteiger partial charge in [-0.25, -0.2) is 9.45 Å². The van der Waals surface area contributed by atoms with Crippen molar-refractivity contribution in [2.45, 2.75) is 68.9 Å². The van der Waals surface area contributed by atoms with Gasteiger partial charge in [-0.15, -0.1) is 0 Å². The van der Waals surface area contributed by atoms with Crippen LogP contribution in [0.25, 0.3) is 0 Å². The summed E-state index contributed by atoms with van der Waals surface area (Å²) in [4.78, 5) is 29.7. The molecule has 4 aliphatic rings. The fourth-order valence-corrected chi connectivity index (χ4v) is 6.71. The van der Waals surface area contributed by atoms with Gasteiger partial charge in [0.25, 0.3) is 5.79 Å². The second-order valence-electron chi connectivity index (χ2n) is 9.31. The van der Waals surface area contributed by atoms with Crippen LogP contribution in [0.5, 0.6) is 5.75 Å². The second-order valence-corrected chi connectivity index (χ2v) is 10.5. The van der Waals surface area contributed by atoms with Crippen molar-refractivity contribution in [1.29, 1.82) is 0 Å². The predicted octanol–water partition coefficient (Wildman–Crippen LogP) is 5.28. The molecule has 182 valence electrons. The van der Waals surface area contributed by atoms with Gasteiger partial charge in [0.15, 0.2) is 5.60 Å². The lowest BCUT2D eigenvalue weighted by Crippen LogP contribution is -2.75. The van der Waals surface area contributed by atoms with E-state index < -0.39 is 32.0 Å². The van der Waals surface area contributed by atoms with E-state index in [-0.39, 0.29) is 23.1 Å². The molecule has 1 heterocycles. The second kappa shape index (κ2) is 8.07. The lowest BCUT2D eigenvalue weighted by molar-refractivity contribution is -0.644. The zero-order valence-corrected chi connectivity index (χ0v) is 18.7. The largest absolute Gasteiger partial charge is 0.524 e. The molecule has 1 aromatic rings. The van der Waals surface area contributed by atoms with Gasteiger partial charge in [0.1, 0.15) is 12.4 Å². The number of ether oxygens (including phenoxy) is 1. The van der Waals surface area contributed by atoms with Crippen molar-refractivity contribution in [3.63, 3.8) is 0 Å². The molecule has 1 saturated heterocycles. The molecule has 2 N–H and O–H groups in total. The topological polar surface area (TPSA) is 94.5 Å². The minimum absolute atomic E-state index is 0.0959. The monoisotopic (exact) mass is 490 g/mol. The summed E-state index contributed by atoms with van der Waals surface area (Å²) >= 11 is 0. The quantitative estimate of drug-likeness (QED) is 0.329. The summed E-state index contributed by atoms with van der Waals surface area (Å²) in [7, 11) is -4.87. The third-order valence-electron chi connectivity index (χ3n) is 7.40. The zero-order valence-electron chi connectivity index (χ0n) is 17.8. The van der Waals surface area contributed by atoms with Gasteiger partial charge in [-0.2, -0.15) is 18.1 Å². The smallest absolute Gasteiger partial charge is 0.404 e. The summed E-state index contributed by atoms with van der Waals surface area (Å²) in [5, 5.41) is 0. The first-order valence-electron chi connectivity index (χ1n) is 11.2. The first-order valence-corrected chi connectivity index (χ1v) is 12.7. The van der Waals surface area contributed by atoms with Crippen LogP contribution in [-0.2, 0) is 24.9 Å². The minimum atomic E-state index is -4.87. The van der Waals surface area contributed by atoms with Crippen molar-refractivity contribution in [2.24, 2.45) is 11.8 Å². The van der Waals surface area contributed by atoms with Gasteiger partial charge < -0.3 is 9.26 Å². The Morgan fingerprint density at radius 3 is 2.61 bits per heavy atom. The van der Waals surface area contributed by atoms with E-state index in [4.69, 9.17) is 19.0 Å². The number of fused-ring (bicyclic) bond motifs is 1. The van der Waals surface area contributed by atoms with Crippen molar-refractivity contribution in [1.82, 2.24) is 0 Å². The zero-order chi connectivity index (χ0) is 23.5. The molecule has 0 radical (unpaired) electrons. The fraction of sp³-hybridized carbons (Fsp3) is 0.636. The van der Waals surface area contributed by atoms with Crippen LogP contribution in [0.1, 0.15) is 56.9 Å². The Balaban J connectivity index is 1.61. The summed E-state index contributed by atoms with van der Waals surface area (Å²) in [6.45, 7) is -1.55. The highest BCUT2D eigenvalue weighted by Gasteiger charge is 2.75. The molecule has 1 aliphatic heterocycles. The Kier molecular flexibility index (Phi) is 5.70.